The summed E-state index contributed by atoms with van der Waals surface area (Å²) in [6.45, 7) is 0.713. The van der Waals surface area contributed by atoms with Gasteiger partial charge in [-0.25, -0.2) is 0 Å². The summed E-state index contributed by atoms with van der Waals surface area (Å²) in [5.41, 5.74) is 3.59. The molecule has 1 aromatic heterocycles. The van der Waals surface area contributed by atoms with Crippen LogP contribution in [0.4, 0.5) is 0 Å². The van der Waals surface area contributed by atoms with Gasteiger partial charge in [0.2, 0.25) is 0 Å². The molecule has 0 saturated carbocycles. The van der Waals surface area contributed by atoms with Crippen molar-refractivity contribution < 1.29 is 4.79 Å². The maximum atomic E-state index is 12.7. The number of halogens is 1. The van der Waals surface area contributed by atoms with E-state index in [0.717, 1.165) is 16.0 Å². The molecular weight excluding hydrogens is 352 g/mol. The van der Waals surface area contributed by atoms with Gasteiger partial charge < -0.3 is 0 Å². The number of Topliss-reactive ketones (excluding diaryl/α,β-unsaturated/α-hetero) is 1. The minimum atomic E-state index is 0.0482. The zero-order valence-corrected chi connectivity index (χ0v) is 14.9. The van der Waals surface area contributed by atoms with Crippen LogP contribution in [0.25, 0.3) is 6.08 Å². The highest BCUT2D eigenvalue weighted by atomic mass is 35.5. The number of ketones is 1. The molecular formula is C20H15ClN2OS. The molecule has 0 amide bonds. The standard InChI is InChI=1S/C20H15ClN2OS/c21-17-6-7-19-18(9-17)20(24)16(13-25-19)8-15-10-22-23(12-15)11-14-4-2-1-3-5-14/h1-10,12H,11,13H2/b16-8-. The van der Waals surface area contributed by atoms with Gasteiger partial charge in [-0.3, -0.25) is 9.48 Å². The molecule has 1 aliphatic rings. The maximum Gasteiger partial charge on any atom is 0.191 e. The first-order valence-electron chi connectivity index (χ1n) is 7.93. The second-order valence-electron chi connectivity index (χ2n) is 5.88. The molecule has 1 aliphatic heterocycles. The van der Waals surface area contributed by atoms with E-state index in [1.165, 1.54) is 5.56 Å². The van der Waals surface area contributed by atoms with Gasteiger partial charge in [0.05, 0.1) is 12.7 Å². The Morgan fingerprint density at radius 3 is 2.88 bits per heavy atom. The van der Waals surface area contributed by atoms with Crippen LogP contribution in [-0.2, 0) is 6.54 Å². The van der Waals surface area contributed by atoms with Crippen LogP contribution < -0.4 is 0 Å². The van der Waals surface area contributed by atoms with Gasteiger partial charge in [0, 0.05) is 38.6 Å². The van der Waals surface area contributed by atoms with E-state index in [9.17, 15) is 4.79 Å². The second-order valence-corrected chi connectivity index (χ2v) is 7.34. The Morgan fingerprint density at radius 1 is 1.20 bits per heavy atom. The number of fused-ring (bicyclic) bond motifs is 1. The van der Waals surface area contributed by atoms with Crippen LogP contribution in [0.3, 0.4) is 0 Å². The van der Waals surface area contributed by atoms with Crippen molar-refractivity contribution in [3.63, 3.8) is 0 Å². The van der Waals surface area contributed by atoms with E-state index in [-0.39, 0.29) is 5.78 Å². The van der Waals surface area contributed by atoms with Gasteiger partial charge in [-0.1, -0.05) is 41.9 Å². The molecule has 0 N–H and O–H groups in total. The summed E-state index contributed by atoms with van der Waals surface area (Å²) in [6, 6.07) is 15.7. The van der Waals surface area contributed by atoms with Crippen molar-refractivity contribution in [3.05, 3.63) is 88.2 Å². The van der Waals surface area contributed by atoms with Gasteiger partial charge >= 0.3 is 0 Å². The Bertz CT molecular complexity index is 963. The van der Waals surface area contributed by atoms with Crippen molar-refractivity contribution in [2.75, 3.05) is 5.75 Å². The van der Waals surface area contributed by atoms with E-state index >= 15 is 0 Å². The minimum Gasteiger partial charge on any atom is -0.289 e. The van der Waals surface area contributed by atoms with Crippen LogP contribution in [0.15, 0.2) is 71.4 Å². The topological polar surface area (TPSA) is 34.9 Å². The number of hydrogen-bond acceptors (Lipinski definition) is 3. The predicted octanol–water partition coefficient (Wildman–Crippen LogP) is 4.96. The van der Waals surface area contributed by atoms with Crippen LogP contribution in [0, 0.1) is 0 Å². The third-order valence-corrected chi connectivity index (χ3v) is 5.40. The van der Waals surface area contributed by atoms with Gasteiger partial charge in [0.25, 0.3) is 0 Å². The molecule has 0 radical (unpaired) electrons. The first kappa shape index (κ1) is 16.2. The van der Waals surface area contributed by atoms with Crippen LogP contribution in [0.2, 0.25) is 5.02 Å². The summed E-state index contributed by atoms with van der Waals surface area (Å²) >= 11 is 7.70. The first-order chi connectivity index (χ1) is 12.2. The van der Waals surface area contributed by atoms with Crippen molar-refractivity contribution in [1.29, 1.82) is 0 Å². The molecule has 0 aliphatic carbocycles. The van der Waals surface area contributed by atoms with Crippen LogP contribution in [-0.4, -0.2) is 21.3 Å². The third-order valence-electron chi connectivity index (χ3n) is 4.04. The largest absolute Gasteiger partial charge is 0.289 e. The van der Waals surface area contributed by atoms with E-state index in [1.807, 2.05) is 47.3 Å². The van der Waals surface area contributed by atoms with Gasteiger partial charge in [0.15, 0.2) is 5.78 Å². The Kier molecular flexibility index (Phi) is 4.47. The molecule has 3 aromatic rings. The number of benzene rings is 2. The lowest BCUT2D eigenvalue weighted by molar-refractivity contribution is 0.103. The average Bonchev–Trinajstić information content (AvgIpc) is 3.06. The lowest BCUT2D eigenvalue weighted by Gasteiger charge is -2.16. The van der Waals surface area contributed by atoms with E-state index in [4.69, 9.17) is 11.6 Å². The number of carbonyl (C=O) groups excluding carboxylic acids is 1. The molecule has 0 atom stereocenters. The number of hydrogen-bond donors (Lipinski definition) is 0. The van der Waals surface area contributed by atoms with Gasteiger partial charge in [0.1, 0.15) is 0 Å². The fourth-order valence-electron chi connectivity index (χ4n) is 2.82. The van der Waals surface area contributed by atoms with E-state index in [2.05, 4.69) is 17.2 Å². The number of aromatic nitrogens is 2. The molecule has 2 heterocycles. The fourth-order valence-corrected chi connectivity index (χ4v) is 3.99. The van der Waals surface area contributed by atoms with Crippen molar-refractivity contribution in [2.45, 2.75) is 11.4 Å². The Hall–Kier alpha value is -2.30. The summed E-state index contributed by atoms with van der Waals surface area (Å²) in [5, 5.41) is 4.98. The van der Waals surface area contributed by atoms with Crippen LogP contribution >= 0.6 is 23.4 Å². The number of rotatable bonds is 3. The van der Waals surface area contributed by atoms with Gasteiger partial charge in [-0.15, -0.1) is 11.8 Å². The number of nitrogens with zero attached hydrogens (tertiary/aromatic N) is 2. The Balaban J connectivity index is 1.56. The smallest absolute Gasteiger partial charge is 0.191 e. The van der Waals surface area contributed by atoms with Gasteiger partial charge in [-0.05, 0) is 29.8 Å². The second kappa shape index (κ2) is 6.90. The molecule has 0 fully saturated rings. The first-order valence-corrected chi connectivity index (χ1v) is 9.29. The highest BCUT2D eigenvalue weighted by Gasteiger charge is 2.22. The fraction of sp³-hybridized carbons (Fsp3) is 0.100. The minimum absolute atomic E-state index is 0.0482. The average molecular weight is 367 g/mol. The molecule has 3 nitrogen and oxygen atoms in total. The monoisotopic (exact) mass is 366 g/mol. The lowest BCUT2D eigenvalue weighted by atomic mass is 10.0. The molecule has 0 spiro atoms. The number of thioether (sulfide) groups is 1. The van der Waals surface area contributed by atoms with E-state index < -0.39 is 0 Å². The SMILES string of the molecule is O=C1/C(=C\c2cnn(Cc3ccccc3)c2)CSc2ccc(Cl)cc21. The normalized spacial score (nSPS) is 15.4. The highest BCUT2D eigenvalue weighted by Crippen LogP contribution is 2.34. The summed E-state index contributed by atoms with van der Waals surface area (Å²) in [5.74, 6) is 0.712. The van der Waals surface area contributed by atoms with E-state index in [1.54, 1.807) is 24.0 Å². The van der Waals surface area contributed by atoms with E-state index in [0.29, 0.717) is 22.9 Å². The maximum absolute atomic E-state index is 12.7. The molecule has 124 valence electrons. The summed E-state index contributed by atoms with van der Waals surface area (Å²) in [6.07, 6.45) is 5.68. The van der Waals surface area contributed by atoms with Crippen molar-refractivity contribution in [2.24, 2.45) is 0 Å². The predicted molar refractivity (Wildman–Crippen MR) is 102 cm³/mol. The lowest BCUT2D eigenvalue weighted by Crippen LogP contribution is -2.12. The van der Waals surface area contributed by atoms with Crippen LogP contribution in [0.1, 0.15) is 21.5 Å². The van der Waals surface area contributed by atoms with Gasteiger partial charge in [-0.2, -0.15) is 5.10 Å². The molecule has 5 heteroatoms. The Morgan fingerprint density at radius 2 is 2.04 bits per heavy atom. The zero-order chi connectivity index (χ0) is 17.2. The molecule has 0 saturated heterocycles. The molecule has 25 heavy (non-hydrogen) atoms. The molecule has 4 rings (SSSR count). The van der Waals surface area contributed by atoms with Crippen LogP contribution in [0.5, 0.6) is 0 Å². The highest BCUT2D eigenvalue weighted by molar-refractivity contribution is 7.99. The zero-order valence-electron chi connectivity index (χ0n) is 13.4. The number of carbonyl (C=O) groups is 1. The van der Waals surface area contributed by atoms with Crippen molar-refractivity contribution in [1.82, 2.24) is 9.78 Å². The molecule has 0 unspecified atom stereocenters. The molecule has 2 aromatic carbocycles. The quantitative estimate of drug-likeness (QED) is 0.615. The summed E-state index contributed by atoms with van der Waals surface area (Å²) in [4.78, 5) is 13.7. The molecule has 0 bridgehead atoms. The summed E-state index contributed by atoms with van der Waals surface area (Å²) in [7, 11) is 0. The Labute approximate surface area is 155 Å². The third kappa shape index (κ3) is 3.55. The van der Waals surface area contributed by atoms with Crippen molar-refractivity contribution >= 4 is 35.2 Å². The van der Waals surface area contributed by atoms with Crippen molar-refractivity contribution in [3.8, 4) is 0 Å². The summed E-state index contributed by atoms with van der Waals surface area (Å²) < 4.78 is 1.88.